The van der Waals surface area contributed by atoms with Gasteiger partial charge in [-0.15, -0.1) is 11.8 Å². The summed E-state index contributed by atoms with van der Waals surface area (Å²) >= 11 is 1.71. The summed E-state index contributed by atoms with van der Waals surface area (Å²) < 4.78 is 0. The Morgan fingerprint density at radius 3 is 2.88 bits per heavy atom. The predicted molar refractivity (Wildman–Crippen MR) is 73.5 cm³/mol. The fraction of sp³-hybridized carbons (Fsp3) is 0.500. The molecule has 1 atom stereocenters. The van der Waals surface area contributed by atoms with Crippen LogP contribution in [0.1, 0.15) is 39.0 Å². The van der Waals surface area contributed by atoms with Crippen LogP contribution in [0.25, 0.3) is 0 Å². The maximum Gasteiger partial charge on any atom is 0.237 e. The first kappa shape index (κ1) is 12.5. The molecule has 92 valence electrons. The summed E-state index contributed by atoms with van der Waals surface area (Å²) in [6.07, 6.45) is 5.90. The second kappa shape index (κ2) is 6.10. The van der Waals surface area contributed by atoms with E-state index >= 15 is 0 Å². The average Bonchev–Trinajstić information content (AvgIpc) is 2.35. The predicted octanol–water partition coefficient (Wildman–Crippen LogP) is 4.07. The molecule has 1 amide bonds. The highest BCUT2D eigenvalue weighted by Crippen LogP contribution is 2.37. The number of hydrogen-bond donors (Lipinski definition) is 1. The minimum Gasteiger partial charge on any atom is -0.324 e. The van der Waals surface area contributed by atoms with Crippen LogP contribution in [0.5, 0.6) is 0 Å². The van der Waals surface area contributed by atoms with Crippen LogP contribution < -0.4 is 5.32 Å². The topological polar surface area (TPSA) is 29.1 Å². The van der Waals surface area contributed by atoms with Crippen molar-refractivity contribution in [3.63, 3.8) is 0 Å². The molecule has 0 aromatic heterocycles. The molecule has 0 aliphatic carbocycles. The summed E-state index contributed by atoms with van der Waals surface area (Å²) in [6, 6.07) is 8.03. The van der Waals surface area contributed by atoms with Gasteiger partial charge in [0.25, 0.3) is 0 Å². The van der Waals surface area contributed by atoms with E-state index < -0.39 is 0 Å². The number of carbonyl (C=O) groups excluding carboxylic acids is 1. The summed E-state index contributed by atoms with van der Waals surface area (Å²) in [5.74, 6) is 0.171. The standard InChI is InChI=1S/C14H19NOS/c1-2-3-4-5-10-13-14(16)15-11-8-6-7-9-12(11)17-13/h6-9,13H,2-5,10H2,1H3,(H,15,16). The second-order valence-corrected chi connectivity index (χ2v) is 5.69. The molecule has 2 rings (SSSR count). The van der Waals surface area contributed by atoms with Gasteiger partial charge in [0.1, 0.15) is 0 Å². The van der Waals surface area contributed by atoms with Crippen LogP contribution in [0.4, 0.5) is 5.69 Å². The molecule has 3 heteroatoms. The number of benzene rings is 1. The monoisotopic (exact) mass is 249 g/mol. The molecule has 0 saturated heterocycles. The molecular formula is C14H19NOS. The van der Waals surface area contributed by atoms with Crippen LogP contribution in [-0.4, -0.2) is 11.2 Å². The quantitative estimate of drug-likeness (QED) is 0.797. The lowest BCUT2D eigenvalue weighted by molar-refractivity contribution is -0.115. The Hall–Kier alpha value is -0.960. The fourth-order valence-electron chi connectivity index (χ4n) is 2.04. The van der Waals surface area contributed by atoms with E-state index in [1.54, 1.807) is 11.8 Å². The van der Waals surface area contributed by atoms with Gasteiger partial charge in [-0.25, -0.2) is 0 Å². The normalized spacial score (nSPS) is 18.6. The van der Waals surface area contributed by atoms with E-state index in [1.165, 1.54) is 24.2 Å². The Kier molecular flexibility index (Phi) is 4.49. The molecule has 1 unspecified atom stereocenters. The molecule has 0 spiro atoms. The lowest BCUT2D eigenvalue weighted by Gasteiger charge is -2.23. The van der Waals surface area contributed by atoms with Gasteiger partial charge in [-0.1, -0.05) is 44.7 Å². The summed E-state index contributed by atoms with van der Waals surface area (Å²) in [6.45, 7) is 2.21. The van der Waals surface area contributed by atoms with Gasteiger partial charge in [0.2, 0.25) is 5.91 Å². The van der Waals surface area contributed by atoms with Crippen LogP contribution in [0.2, 0.25) is 0 Å². The van der Waals surface area contributed by atoms with Crippen molar-refractivity contribution in [3.8, 4) is 0 Å². The minimum atomic E-state index is 0.0988. The number of anilines is 1. The third-order valence-corrected chi connectivity index (χ3v) is 4.37. The molecular weight excluding hydrogens is 230 g/mol. The first-order valence-corrected chi connectivity index (χ1v) is 7.25. The summed E-state index contributed by atoms with van der Waals surface area (Å²) in [5.41, 5.74) is 0.965. The molecule has 1 aliphatic rings. The SMILES string of the molecule is CCCCCCC1Sc2ccccc2NC1=O. The van der Waals surface area contributed by atoms with Crippen molar-refractivity contribution in [2.24, 2.45) is 0 Å². The van der Waals surface area contributed by atoms with E-state index in [9.17, 15) is 4.79 Å². The molecule has 0 bridgehead atoms. The number of thioether (sulfide) groups is 1. The summed E-state index contributed by atoms with van der Waals surface area (Å²) in [4.78, 5) is 13.1. The summed E-state index contributed by atoms with van der Waals surface area (Å²) in [5, 5.41) is 3.09. The third kappa shape index (κ3) is 3.25. The zero-order valence-corrected chi connectivity index (χ0v) is 11.1. The van der Waals surface area contributed by atoms with Crippen LogP contribution >= 0.6 is 11.8 Å². The largest absolute Gasteiger partial charge is 0.324 e. The van der Waals surface area contributed by atoms with Crippen molar-refractivity contribution in [1.82, 2.24) is 0 Å². The van der Waals surface area contributed by atoms with Crippen LogP contribution in [-0.2, 0) is 4.79 Å². The Balaban J connectivity index is 1.91. The second-order valence-electron chi connectivity index (χ2n) is 4.44. The number of amides is 1. The lowest BCUT2D eigenvalue weighted by Crippen LogP contribution is -2.28. The van der Waals surface area contributed by atoms with E-state index in [2.05, 4.69) is 18.3 Å². The summed E-state index contributed by atoms with van der Waals surface area (Å²) in [7, 11) is 0. The highest BCUT2D eigenvalue weighted by molar-refractivity contribution is 8.01. The molecule has 2 nitrogen and oxygen atoms in total. The van der Waals surface area contributed by atoms with Crippen molar-refractivity contribution >= 4 is 23.4 Å². The first-order valence-electron chi connectivity index (χ1n) is 6.38. The van der Waals surface area contributed by atoms with Crippen LogP contribution in [0, 0.1) is 0 Å². The maximum atomic E-state index is 11.9. The molecule has 0 fully saturated rings. The van der Waals surface area contributed by atoms with Crippen molar-refractivity contribution in [2.75, 3.05) is 5.32 Å². The molecule has 0 radical (unpaired) electrons. The van der Waals surface area contributed by atoms with Gasteiger partial charge in [0.15, 0.2) is 0 Å². The van der Waals surface area contributed by atoms with E-state index in [0.29, 0.717) is 0 Å². The van der Waals surface area contributed by atoms with Crippen LogP contribution in [0.3, 0.4) is 0 Å². The molecule has 1 aromatic carbocycles. The molecule has 17 heavy (non-hydrogen) atoms. The van der Waals surface area contributed by atoms with Gasteiger partial charge >= 0.3 is 0 Å². The van der Waals surface area contributed by atoms with Gasteiger partial charge < -0.3 is 5.32 Å². The number of rotatable bonds is 5. The lowest BCUT2D eigenvalue weighted by atomic mass is 10.1. The fourth-order valence-corrected chi connectivity index (χ4v) is 3.20. The van der Waals surface area contributed by atoms with Crippen molar-refractivity contribution in [1.29, 1.82) is 0 Å². The number of hydrogen-bond acceptors (Lipinski definition) is 2. The number of para-hydroxylation sites is 1. The van der Waals surface area contributed by atoms with Gasteiger partial charge in [-0.2, -0.15) is 0 Å². The van der Waals surface area contributed by atoms with Crippen molar-refractivity contribution in [2.45, 2.75) is 49.2 Å². The van der Waals surface area contributed by atoms with Crippen LogP contribution in [0.15, 0.2) is 29.2 Å². The van der Waals surface area contributed by atoms with Gasteiger partial charge in [-0.05, 0) is 18.6 Å². The van der Waals surface area contributed by atoms with E-state index in [1.807, 2.05) is 18.2 Å². The maximum absolute atomic E-state index is 11.9. The molecule has 1 N–H and O–H groups in total. The first-order chi connectivity index (χ1) is 8.31. The van der Waals surface area contributed by atoms with E-state index in [4.69, 9.17) is 0 Å². The van der Waals surface area contributed by atoms with Crippen molar-refractivity contribution < 1.29 is 4.79 Å². The zero-order valence-electron chi connectivity index (χ0n) is 10.2. The van der Waals surface area contributed by atoms with E-state index in [-0.39, 0.29) is 11.2 Å². The van der Waals surface area contributed by atoms with Crippen molar-refractivity contribution in [3.05, 3.63) is 24.3 Å². The molecule has 1 heterocycles. The Morgan fingerprint density at radius 2 is 2.06 bits per heavy atom. The third-order valence-electron chi connectivity index (χ3n) is 3.03. The van der Waals surface area contributed by atoms with Gasteiger partial charge in [-0.3, -0.25) is 4.79 Å². The zero-order chi connectivity index (χ0) is 12.1. The average molecular weight is 249 g/mol. The van der Waals surface area contributed by atoms with Gasteiger partial charge in [0.05, 0.1) is 10.9 Å². The molecule has 1 aliphatic heterocycles. The number of nitrogens with one attached hydrogen (secondary N) is 1. The highest BCUT2D eigenvalue weighted by Gasteiger charge is 2.25. The molecule has 0 saturated carbocycles. The smallest absolute Gasteiger partial charge is 0.237 e. The number of carbonyl (C=O) groups is 1. The molecule has 1 aromatic rings. The Morgan fingerprint density at radius 1 is 1.24 bits per heavy atom. The number of unbranched alkanes of at least 4 members (excludes halogenated alkanes) is 3. The minimum absolute atomic E-state index is 0.0988. The number of fused-ring (bicyclic) bond motifs is 1. The van der Waals surface area contributed by atoms with E-state index in [0.717, 1.165) is 18.5 Å². The highest BCUT2D eigenvalue weighted by atomic mass is 32.2. The Bertz CT molecular complexity index is 392. The van der Waals surface area contributed by atoms with Gasteiger partial charge in [0, 0.05) is 4.90 Å². The Labute approximate surface area is 107 Å².